The molecule has 1 aromatic heterocycles. The van der Waals surface area contributed by atoms with Crippen molar-refractivity contribution < 1.29 is 9.90 Å². The molecule has 0 unspecified atom stereocenters. The molecule has 0 fully saturated rings. The van der Waals surface area contributed by atoms with Crippen molar-refractivity contribution in [1.82, 2.24) is 9.55 Å². The van der Waals surface area contributed by atoms with Gasteiger partial charge in [-0.1, -0.05) is 45.4 Å². The first-order chi connectivity index (χ1) is 14.7. The smallest absolute Gasteiger partial charge is 0.262 e. The van der Waals surface area contributed by atoms with E-state index in [0.717, 1.165) is 23.9 Å². The Balaban J connectivity index is 1.52. The third-order valence-electron chi connectivity index (χ3n) is 5.31. The van der Waals surface area contributed by atoms with Crippen molar-refractivity contribution >= 4 is 34.7 Å². The third kappa shape index (κ3) is 5.61. The molecule has 1 amide bonds. The molecule has 1 heterocycles. The van der Waals surface area contributed by atoms with Crippen LogP contribution in [0.1, 0.15) is 52.0 Å². The zero-order valence-electron chi connectivity index (χ0n) is 18.2. The van der Waals surface area contributed by atoms with E-state index in [1.54, 1.807) is 16.7 Å². The average molecular weight is 440 g/mol. The molecule has 164 valence electrons. The number of aromatic amines is 1. The van der Waals surface area contributed by atoms with Gasteiger partial charge in [-0.2, -0.15) is 0 Å². The molecule has 0 aliphatic heterocycles. The van der Waals surface area contributed by atoms with Crippen molar-refractivity contribution in [3.8, 4) is 5.75 Å². The molecule has 6 nitrogen and oxygen atoms in total. The Hall–Kier alpha value is -2.93. The molecule has 3 N–H and O–H groups in total. The maximum Gasteiger partial charge on any atom is 0.262 e. The van der Waals surface area contributed by atoms with Crippen molar-refractivity contribution in [2.24, 2.45) is 0 Å². The standard InChI is InChI=1S/C24H29N3O3S/c1-24(2,3)16-12-13-20(28)19(15-16)25-21(29)11-5-4-8-14-27-22(30)17-9-6-7-10-18(17)26-23(27)31/h6-7,9-10,12-13,15,28H,4-5,8,11,14H2,1-3H3,(H,25,29)(H,26,31). The van der Waals surface area contributed by atoms with Gasteiger partial charge in [0, 0.05) is 13.0 Å². The number of benzene rings is 2. The van der Waals surface area contributed by atoms with Crippen molar-refractivity contribution in [2.75, 3.05) is 5.32 Å². The molecule has 0 saturated heterocycles. The monoisotopic (exact) mass is 439 g/mol. The highest BCUT2D eigenvalue weighted by Gasteiger charge is 2.16. The number of carbonyl (C=O) groups is 1. The lowest BCUT2D eigenvalue weighted by molar-refractivity contribution is -0.116. The minimum absolute atomic E-state index is 0.0613. The molecule has 0 saturated carbocycles. The summed E-state index contributed by atoms with van der Waals surface area (Å²) in [6.45, 7) is 6.75. The van der Waals surface area contributed by atoms with Gasteiger partial charge in [0.05, 0.1) is 16.6 Å². The molecule has 31 heavy (non-hydrogen) atoms. The van der Waals surface area contributed by atoms with Gasteiger partial charge in [-0.3, -0.25) is 14.2 Å². The molecule has 7 heteroatoms. The van der Waals surface area contributed by atoms with Gasteiger partial charge < -0.3 is 15.4 Å². The lowest BCUT2D eigenvalue weighted by Crippen LogP contribution is -2.22. The Morgan fingerprint density at radius 1 is 1.13 bits per heavy atom. The fraction of sp³-hybridized carbons (Fsp3) is 0.375. The number of anilines is 1. The number of carbonyl (C=O) groups excluding carboxylic acids is 1. The van der Waals surface area contributed by atoms with Crippen LogP contribution < -0.4 is 10.9 Å². The topological polar surface area (TPSA) is 87.1 Å². The number of phenolic OH excluding ortho intramolecular Hbond substituents is 1. The Bertz CT molecular complexity index is 1210. The molecule has 0 aliphatic rings. The van der Waals surface area contributed by atoms with Crippen LogP contribution in [-0.4, -0.2) is 20.6 Å². The lowest BCUT2D eigenvalue weighted by atomic mass is 9.87. The Labute approximate surface area is 186 Å². The van der Waals surface area contributed by atoms with Gasteiger partial charge in [-0.05, 0) is 60.3 Å². The number of nitrogens with one attached hydrogen (secondary N) is 2. The molecule has 2 aromatic carbocycles. The first-order valence-electron chi connectivity index (χ1n) is 10.5. The number of hydrogen-bond donors (Lipinski definition) is 3. The van der Waals surface area contributed by atoms with Gasteiger partial charge in [0.15, 0.2) is 4.77 Å². The normalized spacial score (nSPS) is 11.6. The second-order valence-electron chi connectivity index (χ2n) is 8.77. The highest BCUT2D eigenvalue weighted by molar-refractivity contribution is 7.71. The van der Waals surface area contributed by atoms with Crippen molar-refractivity contribution in [2.45, 2.75) is 58.4 Å². The molecule has 0 aliphatic carbocycles. The number of unbranched alkanes of at least 4 members (excludes halogenated alkanes) is 2. The van der Waals surface area contributed by atoms with Gasteiger partial charge in [0.1, 0.15) is 5.75 Å². The summed E-state index contributed by atoms with van der Waals surface area (Å²) in [6.07, 6.45) is 2.56. The first-order valence-corrected chi connectivity index (χ1v) is 10.9. The van der Waals surface area contributed by atoms with E-state index in [0.29, 0.717) is 35.2 Å². The fourth-order valence-corrected chi connectivity index (χ4v) is 3.73. The van der Waals surface area contributed by atoms with Crippen LogP contribution in [0.2, 0.25) is 0 Å². The van der Waals surface area contributed by atoms with Gasteiger partial charge in [-0.15, -0.1) is 0 Å². The predicted octanol–water partition coefficient (Wildman–Crippen LogP) is 5.26. The number of nitrogens with zero attached hydrogens (tertiary/aromatic N) is 1. The van der Waals surface area contributed by atoms with Gasteiger partial charge in [-0.25, -0.2) is 0 Å². The summed E-state index contributed by atoms with van der Waals surface area (Å²) in [7, 11) is 0. The SMILES string of the molecule is CC(C)(C)c1ccc(O)c(NC(=O)CCCCCn2c(=S)[nH]c3ccccc3c2=O)c1. The Kier molecular flexibility index (Phi) is 6.95. The summed E-state index contributed by atoms with van der Waals surface area (Å²) in [5, 5.41) is 13.5. The zero-order chi connectivity index (χ0) is 22.6. The van der Waals surface area contributed by atoms with E-state index < -0.39 is 0 Å². The molecular weight excluding hydrogens is 410 g/mol. The number of rotatable bonds is 7. The summed E-state index contributed by atoms with van der Waals surface area (Å²) in [5.41, 5.74) is 2.05. The summed E-state index contributed by atoms with van der Waals surface area (Å²) >= 11 is 5.33. The first kappa shape index (κ1) is 22.7. The number of phenols is 1. The van der Waals surface area contributed by atoms with Gasteiger partial charge >= 0.3 is 0 Å². The number of aromatic hydroxyl groups is 1. The zero-order valence-corrected chi connectivity index (χ0v) is 19.0. The van der Waals surface area contributed by atoms with Gasteiger partial charge in [0.25, 0.3) is 5.56 Å². The van der Waals surface area contributed by atoms with E-state index >= 15 is 0 Å². The number of H-pyrrole nitrogens is 1. The number of fused-ring (bicyclic) bond motifs is 1. The van der Waals surface area contributed by atoms with Gasteiger partial charge in [0.2, 0.25) is 5.91 Å². The lowest BCUT2D eigenvalue weighted by Gasteiger charge is -2.20. The van der Waals surface area contributed by atoms with E-state index in [-0.39, 0.29) is 22.6 Å². The number of amides is 1. The summed E-state index contributed by atoms with van der Waals surface area (Å²) in [6, 6.07) is 12.6. The van der Waals surface area contributed by atoms with Crippen molar-refractivity contribution in [1.29, 1.82) is 0 Å². The van der Waals surface area contributed by atoms with Crippen LogP contribution >= 0.6 is 12.2 Å². The number of aromatic nitrogens is 2. The van der Waals surface area contributed by atoms with Crippen LogP contribution in [0.25, 0.3) is 10.9 Å². The summed E-state index contributed by atoms with van der Waals surface area (Å²) in [5.74, 6) is -0.0761. The Morgan fingerprint density at radius 3 is 2.61 bits per heavy atom. The molecule has 0 atom stereocenters. The maximum atomic E-state index is 12.6. The van der Waals surface area contributed by atoms with E-state index in [2.05, 4.69) is 31.1 Å². The third-order valence-corrected chi connectivity index (χ3v) is 5.63. The highest BCUT2D eigenvalue weighted by Crippen LogP contribution is 2.30. The predicted molar refractivity (Wildman–Crippen MR) is 127 cm³/mol. The Morgan fingerprint density at radius 2 is 1.87 bits per heavy atom. The molecule has 3 aromatic rings. The molecule has 0 radical (unpaired) electrons. The van der Waals surface area contributed by atoms with Crippen LogP contribution in [-0.2, 0) is 16.8 Å². The second kappa shape index (κ2) is 9.47. The van der Waals surface area contributed by atoms with E-state index in [1.165, 1.54) is 0 Å². The molecule has 3 rings (SSSR count). The number of para-hydroxylation sites is 1. The van der Waals surface area contributed by atoms with E-state index in [1.807, 2.05) is 30.3 Å². The summed E-state index contributed by atoms with van der Waals surface area (Å²) in [4.78, 5) is 28.1. The highest BCUT2D eigenvalue weighted by atomic mass is 32.1. The van der Waals surface area contributed by atoms with Crippen LogP contribution in [0, 0.1) is 4.77 Å². The quantitative estimate of drug-likeness (QED) is 0.266. The van der Waals surface area contributed by atoms with Crippen molar-refractivity contribution in [3.63, 3.8) is 0 Å². The minimum Gasteiger partial charge on any atom is -0.506 e. The van der Waals surface area contributed by atoms with Crippen LogP contribution in [0.4, 0.5) is 5.69 Å². The maximum absolute atomic E-state index is 12.6. The van der Waals surface area contributed by atoms with Crippen LogP contribution in [0.5, 0.6) is 5.75 Å². The largest absolute Gasteiger partial charge is 0.506 e. The van der Waals surface area contributed by atoms with Crippen LogP contribution in [0.15, 0.2) is 47.3 Å². The average Bonchev–Trinajstić information content (AvgIpc) is 2.70. The minimum atomic E-state index is -0.137. The molecular formula is C24H29N3O3S. The second-order valence-corrected chi connectivity index (χ2v) is 9.16. The molecule has 0 spiro atoms. The van der Waals surface area contributed by atoms with E-state index in [4.69, 9.17) is 12.2 Å². The molecule has 0 bridgehead atoms. The number of hydrogen-bond acceptors (Lipinski definition) is 4. The fourth-order valence-electron chi connectivity index (χ4n) is 3.45. The summed E-state index contributed by atoms with van der Waals surface area (Å²) < 4.78 is 1.99. The van der Waals surface area contributed by atoms with Crippen LogP contribution in [0.3, 0.4) is 0 Å². The van der Waals surface area contributed by atoms with Crippen molar-refractivity contribution in [3.05, 3.63) is 63.2 Å². The van der Waals surface area contributed by atoms with E-state index in [9.17, 15) is 14.7 Å².